The summed E-state index contributed by atoms with van der Waals surface area (Å²) in [5.41, 5.74) is 0. The molecule has 0 aliphatic heterocycles. The summed E-state index contributed by atoms with van der Waals surface area (Å²) in [5, 5.41) is 0. The summed E-state index contributed by atoms with van der Waals surface area (Å²) in [7, 11) is -7.71. The maximum atomic E-state index is 9.53. The van der Waals surface area contributed by atoms with Gasteiger partial charge >= 0.3 is 16.6 Å². The fraction of sp³-hybridized carbons (Fsp3) is 1.00. The highest BCUT2D eigenvalue weighted by Crippen LogP contribution is 2.10. The van der Waals surface area contributed by atoms with Gasteiger partial charge in [0, 0.05) is 0 Å². The van der Waals surface area contributed by atoms with E-state index in [1.165, 1.54) is 6.55 Å². The molecule has 0 bridgehead atoms. The predicted molar refractivity (Wildman–Crippen MR) is 49.9 cm³/mol. The summed E-state index contributed by atoms with van der Waals surface area (Å²) in [6, 6.07) is 0. The molecular formula is C4H16O4Si3. The molecule has 0 rings (SSSR count). The first kappa shape index (κ1) is 11.5. The second-order valence-corrected chi connectivity index (χ2v) is 16.2. The topological polar surface area (TPSA) is 69.9 Å². The van der Waals surface area contributed by atoms with Gasteiger partial charge in [-0.3, -0.25) is 0 Å². The summed E-state index contributed by atoms with van der Waals surface area (Å²) in [6.45, 7) is 6.28. The Kier molecular flexibility index (Phi) is 3.63. The van der Waals surface area contributed by atoms with Crippen LogP contribution >= 0.6 is 0 Å². The minimum Gasteiger partial charge on any atom is -0.432 e. The highest BCUT2D eigenvalue weighted by Gasteiger charge is 2.40. The number of hydrogen-bond acceptors (Lipinski definition) is 4. The fourth-order valence-electron chi connectivity index (χ4n) is 0.591. The van der Waals surface area contributed by atoms with Gasteiger partial charge in [0.2, 0.25) is 8.56 Å². The van der Waals surface area contributed by atoms with E-state index < -0.39 is 25.2 Å². The van der Waals surface area contributed by atoms with Crippen LogP contribution in [0, 0.1) is 0 Å². The third-order valence-corrected chi connectivity index (χ3v) is 12.1. The van der Waals surface area contributed by atoms with E-state index in [1.54, 1.807) is 19.6 Å². The molecule has 0 aliphatic carbocycles. The largest absolute Gasteiger partial charge is 0.432 e. The van der Waals surface area contributed by atoms with Crippen LogP contribution in [0.4, 0.5) is 0 Å². The van der Waals surface area contributed by atoms with Crippen LogP contribution in [0.3, 0.4) is 0 Å². The first-order chi connectivity index (χ1) is 4.65. The molecule has 0 aromatic carbocycles. The van der Waals surface area contributed by atoms with Crippen molar-refractivity contribution in [2.45, 2.75) is 26.2 Å². The van der Waals surface area contributed by atoms with Gasteiger partial charge in [-0.05, 0) is 26.2 Å². The zero-order chi connectivity index (χ0) is 9.28. The molecule has 0 aliphatic rings. The molecule has 0 heterocycles. The van der Waals surface area contributed by atoms with Crippen LogP contribution in [-0.2, 0) is 4.12 Å². The van der Waals surface area contributed by atoms with E-state index in [2.05, 4.69) is 0 Å². The van der Waals surface area contributed by atoms with Crippen LogP contribution in [0.2, 0.25) is 26.2 Å². The fourth-order valence-corrected chi connectivity index (χ4v) is 9.45. The Balaban J connectivity index is 4.13. The average Bonchev–Trinajstić information content (AvgIpc) is 1.56. The van der Waals surface area contributed by atoms with Crippen LogP contribution in [0.5, 0.6) is 0 Å². The van der Waals surface area contributed by atoms with E-state index in [-0.39, 0.29) is 0 Å². The van der Waals surface area contributed by atoms with E-state index in [9.17, 15) is 14.4 Å². The van der Waals surface area contributed by atoms with Gasteiger partial charge in [-0.15, -0.1) is 0 Å². The third-order valence-electron chi connectivity index (χ3n) is 1.23. The van der Waals surface area contributed by atoms with Crippen molar-refractivity contribution in [1.82, 2.24) is 0 Å². The summed E-state index contributed by atoms with van der Waals surface area (Å²) in [6.07, 6.45) is 0. The van der Waals surface area contributed by atoms with Crippen molar-refractivity contribution >= 4 is 25.2 Å². The van der Waals surface area contributed by atoms with Crippen LogP contribution in [-0.4, -0.2) is 39.6 Å². The summed E-state index contributed by atoms with van der Waals surface area (Å²) < 4.78 is 5.09. The molecule has 2 unspecified atom stereocenters. The van der Waals surface area contributed by atoms with Gasteiger partial charge in [-0.25, -0.2) is 0 Å². The highest BCUT2D eigenvalue weighted by atomic mass is 29.3. The predicted octanol–water partition coefficient (Wildman–Crippen LogP) is -0.814. The summed E-state index contributed by atoms with van der Waals surface area (Å²) >= 11 is 0. The molecule has 0 radical (unpaired) electrons. The average molecular weight is 212 g/mol. The second-order valence-electron chi connectivity index (χ2n) is 3.28. The third kappa shape index (κ3) is 4.85. The summed E-state index contributed by atoms with van der Waals surface area (Å²) in [5.74, 6) is 0. The van der Waals surface area contributed by atoms with Gasteiger partial charge in [0.1, 0.15) is 0 Å². The lowest BCUT2D eigenvalue weighted by Gasteiger charge is -2.28. The van der Waals surface area contributed by atoms with Crippen LogP contribution < -0.4 is 0 Å². The molecule has 0 amide bonds. The van der Waals surface area contributed by atoms with Gasteiger partial charge in [-0.1, -0.05) is 0 Å². The highest BCUT2D eigenvalue weighted by molar-refractivity contribution is 7.24. The standard InChI is InChI=1S/C4H16O4Si3/c1-9(5)11(4,7)8-10(2,3)6/h5-7,9H,1-4H3. The van der Waals surface area contributed by atoms with E-state index in [0.717, 1.165) is 0 Å². The van der Waals surface area contributed by atoms with Gasteiger partial charge in [0.25, 0.3) is 0 Å². The molecule has 4 nitrogen and oxygen atoms in total. The monoisotopic (exact) mass is 212 g/mol. The molecule has 0 saturated carbocycles. The molecule has 2 atom stereocenters. The second kappa shape index (κ2) is 3.47. The van der Waals surface area contributed by atoms with Crippen molar-refractivity contribution in [3.8, 4) is 0 Å². The lowest BCUT2D eigenvalue weighted by molar-refractivity contribution is 0.326. The summed E-state index contributed by atoms with van der Waals surface area (Å²) in [4.78, 5) is 28.0. The molecule has 7 heteroatoms. The molecule has 0 saturated heterocycles. The minimum absolute atomic E-state index is 1.52. The van der Waals surface area contributed by atoms with Crippen molar-refractivity contribution in [3.05, 3.63) is 0 Å². The Morgan fingerprint density at radius 1 is 1.18 bits per heavy atom. The molecule has 0 spiro atoms. The first-order valence-electron chi connectivity index (χ1n) is 3.48. The Bertz CT molecular complexity index is 130. The van der Waals surface area contributed by atoms with Gasteiger partial charge in [0.05, 0.1) is 0 Å². The van der Waals surface area contributed by atoms with Crippen molar-refractivity contribution in [2.75, 3.05) is 0 Å². The van der Waals surface area contributed by atoms with E-state index in [4.69, 9.17) is 4.12 Å². The zero-order valence-corrected chi connectivity index (χ0v) is 10.5. The lowest BCUT2D eigenvalue weighted by Crippen LogP contribution is -2.56. The quantitative estimate of drug-likeness (QED) is 0.535. The normalized spacial score (nSPS) is 21.0. The Hall–Kier alpha value is 0.491. The van der Waals surface area contributed by atoms with Crippen LogP contribution in [0.15, 0.2) is 0 Å². The van der Waals surface area contributed by atoms with Crippen molar-refractivity contribution in [3.63, 3.8) is 0 Å². The molecule has 3 N–H and O–H groups in total. The Labute approximate surface area is 70.5 Å². The van der Waals surface area contributed by atoms with Crippen molar-refractivity contribution < 1.29 is 18.5 Å². The first-order valence-corrected chi connectivity index (χ1v) is 12.2. The van der Waals surface area contributed by atoms with E-state index in [0.29, 0.717) is 0 Å². The lowest BCUT2D eigenvalue weighted by atomic mass is 11.9. The molecule has 68 valence electrons. The number of hydrogen-bond donors (Lipinski definition) is 3. The van der Waals surface area contributed by atoms with Gasteiger partial charge in [-0.2, -0.15) is 0 Å². The Morgan fingerprint density at radius 2 is 1.55 bits per heavy atom. The van der Waals surface area contributed by atoms with Crippen LogP contribution in [0.25, 0.3) is 0 Å². The molecule has 11 heavy (non-hydrogen) atoms. The van der Waals surface area contributed by atoms with Gasteiger partial charge in [0.15, 0.2) is 0 Å². The Morgan fingerprint density at radius 3 is 1.64 bits per heavy atom. The van der Waals surface area contributed by atoms with Crippen molar-refractivity contribution in [2.24, 2.45) is 0 Å². The van der Waals surface area contributed by atoms with E-state index >= 15 is 0 Å². The molecular weight excluding hydrogens is 196 g/mol. The maximum absolute atomic E-state index is 9.53. The number of rotatable bonds is 3. The van der Waals surface area contributed by atoms with Crippen molar-refractivity contribution in [1.29, 1.82) is 0 Å². The van der Waals surface area contributed by atoms with E-state index in [1.807, 2.05) is 0 Å². The molecule has 0 aromatic rings. The zero-order valence-electron chi connectivity index (χ0n) is 7.33. The maximum Gasteiger partial charge on any atom is 0.330 e. The SMILES string of the molecule is C[SiH](O)[Si](C)(O)O[Si](C)(C)O. The van der Waals surface area contributed by atoms with Gasteiger partial charge < -0.3 is 18.5 Å². The van der Waals surface area contributed by atoms with Crippen LogP contribution in [0.1, 0.15) is 0 Å². The molecule has 0 fully saturated rings. The smallest absolute Gasteiger partial charge is 0.330 e. The molecule has 0 aromatic heterocycles. The minimum atomic E-state index is -2.91.